The summed E-state index contributed by atoms with van der Waals surface area (Å²) in [5.41, 5.74) is 3.07. The van der Waals surface area contributed by atoms with Gasteiger partial charge in [0.15, 0.2) is 0 Å². The molecule has 1 atom stereocenters. The lowest BCUT2D eigenvalue weighted by molar-refractivity contribution is 0.209. The van der Waals surface area contributed by atoms with E-state index in [-0.39, 0.29) is 0 Å². The van der Waals surface area contributed by atoms with Gasteiger partial charge in [0.1, 0.15) is 0 Å². The highest BCUT2D eigenvalue weighted by molar-refractivity contribution is 5.31. The lowest BCUT2D eigenvalue weighted by atomic mass is 9.94. The number of hydrogen-bond acceptors (Lipinski definition) is 1. The summed E-state index contributed by atoms with van der Waals surface area (Å²) in [6.07, 6.45) is 1.22. The molecule has 1 unspecified atom stereocenters. The van der Waals surface area contributed by atoms with Crippen LogP contribution in [-0.2, 0) is 6.42 Å². The highest BCUT2D eigenvalue weighted by Gasteiger charge is 2.21. The van der Waals surface area contributed by atoms with E-state index in [0.717, 1.165) is 6.54 Å². The van der Waals surface area contributed by atoms with Gasteiger partial charge in [-0.2, -0.15) is 0 Å². The first-order valence-electron chi connectivity index (χ1n) is 5.14. The largest absolute Gasteiger partial charge is 0.297 e. The van der Waals surface area contributed by atoms with Gasteiger partial charge in [0, 0.05) is 12.6 Å². The minimum absolute atomic E-state index is 0.606. The van der Waals surface area contributed by atoms with Gasteiger partial charge in [0.2, 0.25) is 0 Å². The second-order valence-electron chi connectivity index (χ2n) is 3.75. The standard InChI is InChI=1S/C12H17N/c1-3-13-9-8-11-6-4-5-7-12(11)10(13)2/h4-7,10H,3,8-9H2,1-2H3. The van der Waals surface area contributed by atoms with Crippen molar-refractivity contribution in [2.45, 2.75) is 26.3 Å². The topological polar surface area (TPSA) is 3.24 Å². The fourth-order valence-electron chi connectivity index (χ4n) is 2.26. The normalized spacial score (nSPS) is 22.8. The summed E-state index contributed by atoms with van der Waals surface area (Å²) in [4.78, 5) is 2.53. The smallest absolute Gasteiger partial charge is 0.0322 e. The lowest BCUT2D eigenvalue weighted by Crippen LogP contribution is -2.33. The van der Waals surface area contributed by atoms with E-state index >= 15 is 0 Å². The summed E-state index contributed by atoms with van der Waals surface area (Å²) < 4.78 is 0. The molecule has 1 aliphatic heterocycles. The zero-order valence-corrected chi connectivity index (χ0v) is 8.46. The van der Waals surface area contributed by atoms with Crippen molar-refractivity contribution in [3.63, 3.8) is 0 Å². The van der Waals surface area contributed by atoms with Crippen LogP contribution in [0.2, 0.25) is 0 Å². The van der Waals surface area contributed by atoms with Crippen LogP contribution in [0.1, 0.15) is 31.0 Å². The van der Waals surface area contributed by atoms with E-state index in [1.54, 1.807) is 5.56 Å². The van der Waals surface area contributed by atoms with Crippen LogP contribution in [0.4, 0.5) is 0 Å². The molecule has 0 N–H and O–H groups in total. The van der Waals surface area contributed by atoms with E-state index in [4.69, 9.17) is 0 Å². The molecule has 2 rings (SSSR count). The highest BCUT2D eigenvalue weighted by atomic mass is 15.1. The minimum atomic E-state index is 0.606. The third-order valence-corrected chi connectivity index (χ3v) is 3.13. The Morgan fingerprint density at radius 2 is 2.15 bits per heavy atom. The van der Waals surface area contributed by atoms with E-state index in [9.17, 15) is 0 Å². The highest BCUT2D eigenvalue weighted by Crippen LogP contribution is 2.28. The maximum Gasteiger partial charge on any atom is 0.0322 e. The van der Waals surface area contributed by atoms with E-state index in [1.165, 1.54) is 18.5 Å². The van der Waals surface area contributed by atoms with Gasteiger partial charge in [-0.05, 0) is 31.0 Å². The fourth-order valence-corrected chi connectivity index (χ4v) is 2.26. The Labute approximate surface area is 80.4 Å². The Morgan fingerprint density at radius 3 is 2.92 bits per heavy atom. The number of fused-ring (bicyclic) bond motifs is 1. The molecule has 1 heterocycles. The van der Waals surface area contributed by atoms with Crippen LogP contribution in [0.5, 0.6) is 0 Å². The van der Waals surface area contributed by atoms with Gasteiger partial charge < -0.3 is 0 Å². The molecule has 70 valence electrons. The summed E-state index contributed by atoms with van der Waals surface area (Å²) >= 11 is 0. The maximum absolute atomic E-state index is 2.53. The molecule has 1 aromatic carbocycles. The predicted molar refractivity (Wildman–Crippen MR) is 55.8 cm³/mol. The Bertz CT molecular complexity index is 293. The van der Waals surface area contributed by atoms with Crippen molar-refractivity contribution in [2.24, 2.45) is 0 Å². The second kappa shape index (κ2) is 3.51. The van der Waals surface area contributed by atoms with Crippen molar-refractivity contribution < 1.29 is 0 Å². The van der Waals surface area contributed by atoms with Crippen LogP contribution >= 0.6 is 0 Å². The number of benzene rings is 1. The van der Waals surface area contributed by atoms with Gasteiger partial charge in [-0.1, -0.05) is 31.2 Å². The van der Waals surface area contributed by atoms with Crippen LogP contribution < -0.4 is 0 Å². The first-order valence-corrected chi connectivity index (χ1v) is 5.14. The Hall–Kier alpha value is -0.820. The van der Waals surface area contributed by atoms with Crippen molar-refractivity contribution in [1.29, 1.82) is 0 Å². The quantitative estimate of drug-likeness (QED) is 0.634. The fraction of sp³-hybridized carbons (Fsp3) is 0.500. The van der Waals surface area contributed by atoms with Crippen molar-refractivity contribution in [1.82, 2.24) is 4.90 Å². The van der Waals surface area contributed by atoms with Crippen molar-refractivity contribution in [3.8, 4) is 0 Å². The molecule has 0 aliphatic carbocycles. The zero-order chi connectivity index (χ0) is 9.26. The molecule has 0 bridgehead atoms. The number of hydrogen-bond donors (Lipinski definition) is 0. The van der Waals surface area contributed by atoms with Crippen LogP contribution in [-0.4, -0.2) is 18.0 Å². The van der Waals surface area contributed by atoms with Gasteiger partial charge in [0.25, 0.3) is 0 Å². The molecular weight excluding hydrogens is 158 g/mol. The molecule has 0 amide bonds. The first kappa shape index (κ1) is 8.76. The van der Waals surface area contributed by atoms with Crippen molar-refractivity contribution >= 4 is 0 Å². The number of rotatable bonds is 1. The molecule has 0 radical (unpaired) electrons. The molecule has 1 aliphatic rings. The summed E-state index contributed by atoms with van der Waals surface area (Å²) in [6.45, 7) is 6.93. The SMILES string of the molecule is CCN1CCc2ccccc2C1C. The van der Waals surface area contributed by atoms with Crippen molar-refractivity contribution in [2.75, 3.05) is 13.1 Å². The molecule has 0 saturated heterocycles. The number of nitrogens with zero attached hydrogens (tertiary/aromatic N) is 1. The van der Waals surface area contributed by atoms with Crippen LogP contribution in [0.25, 0.3) is 0 Å². The van der Waals surface area contributed by atoms with Gasteiger partial charge >= 0.3 is 0 Å². The molecule has 0 fully saturated rings. The molecule has 13 heavy (non-hydrogen) atoms. The summed E-state index contributed by atoms with van der Waals surface area (Å²) in [5.74, 6) is 0. The van der Waals surface area contributed by atoms with E-state index in [0.29, 0.717) is 6.04 Å². The van der Waals surface area contributed by atoms with Crippen molar-refractivity contribution in [3.05, 3.63) is 35.4 Å². The summed E-state index contributed by atoms with van der Waals surface area (Å²) in [5, 5.41) is 0. The lowest BCUT2D eigenvalue weighted by Gasteiger charge is -2.34. The van der Waals surface area contributed by atoms with Gasteiger partial charge in [-0.3, -0.25) is 4.90 Å². The average Bonchev–Trinajstić information content (AvgIpc) is 2.19. The Balaban J connectivity index is 2.33. The molecule has 0 aromatic heterocycles. The number of likely N-dealkylation sites (N-methyl/N-ethyl adjacent to an activating group) is 1. The molecular formula is C12H17N. The third kappa shape index (κ3) is 1.49. The van der Waals surface area contributed by atoms with Gasteiger partial charge in [0.05, 0.1) is 0 Å². The van der Waals surface area contributed by atoms with Gasteiger partial charge in [-0.15, -0.1) is 0 Å². The zero-order valence-electron chi connectivity index (χ0n) is 8.46. The second-order valence-corrected chi connectivity index (χ2v) is 3.75. The molecule has 1 heteroatoms. The average molecular weight is 175 g/mol. The van der Waals surface area contributed by atoms with E-state index < -0.39 is 0 Å². The first-order chi connectivity index (χ1) is 6.33. The third-order valence-electron chi connectivity index (χ3n) is 3.13. The predicted octanol–water partition coefficient (Wildman–Crippen LogP) is 2.63. The summed E-state index contributed by atoms with van der Waals surface area (Å²) in [6, 6.07) is 9.43. The summed E-state index contributed by atoms with van der Waals surface area (Å²) in [7, 11) is 0. The Kier molecular flexibility index (Phi) is 2.36. The Morgan fingerprint density at radius 1 is 1.38 bits per heavy atom. The molecule has 0 spiro atoms. The minimum Gasteiger partial charge on any atom is -0.297 e. The van der Waals surface area contributed by atoms with E-state index in [2.05, 4.69) is 43.0 Å². The van der Waals surface area contributed by atoms with Crippen LogP contribution in [0, 0.1) is 0 Å². The van der Waals surface area contributed by atoms with Crippen LogP contribution in [0.15, 0.2) is 24.3 Å². The van der Waals surface area contributed by atoms with Crippen LogP contribution in [0.3, 0.4) is 0 Å². The monoisotopic (exact) mass is 175 g/mol. The maximum atomic E-state index is 2.53. The molecule has 0 saturated carbocycles. The molecule has 1 nitrogen and oxygen atoms in total. The van der Waals surface area contributed by atoms with E-state index in [1.807, 2.05) is 0 Å². The molecule has 1 aromatic rings. The van der Waals surface area contributed by atoms with Gasteiger partial charge in [-0.25, -0.2) is 0 Å².